The van der Waals surface area contributed by atoms with Gasteiger partial charge in [-0.15, -0.1) is 12.4 Å². The number of esters is 1. The highest BCUT2D eigenvalue weighted by Crippen LogP contribution is 1.98. The molecular formula is C7H14ClNO3. The van der Waals surface area contributed by atoms with E-state index in [1.54, 1.807) is 0 Å². The lowest BCUT2D eigenvalue weighted by Crippen LogP contribution is -2.42. The summed E-state index contributed by atoms with van der Waals surface area (Å²) in [5.74, 6) is -0.187. The Kier molecular flexibility index (Phi) is 6.06. The van der Waals surface area contributed by atoms with Gasteiger partial charge in [0.05, 0.1) is 26.7 Å². The number of hydrogen-bond acceptors (Lipinski definition) is 4. The van der Waals surface area contributed by atoms with Gasteiger partial charge in [-0.3, -0.25) is 4.79 Å². The highest BCUT2D eigenvalue weighted by Gasteiger charge is 2.16. The predicted octanol–water partition coefficient (Wildman–Crippen LogP) is -0.0403. The maximum absolute atomic E-state index is 10.8. The molecule has 1 N–H and O–H groups in total. The van der Waals surface area contributed by atoms with Crippen molar-refractivity contribution in [2.24, 2.45) is 0 Å². The quantitative estimate of drug-likeness (QED) is 0.629. The molecule has 4 nitrogen and oxygen atoms in total. The summed E-state index contributed by atoms with van der Waals surface area (Å²) < 4.78 is 9.68. The summed E-state index contributed by atoms with van der Waals surface area (Å²) in [6.07, 6.45) is 0.399. The molecule has 1 fully saturated rings. The number of nitrogens with one attached hydrogen (secondary N) is 1. The van der Waals surface area contributed by atoms with E-state index in [9.17, 15) is 4.79 Å². The maximum atomic E-state index is 10.8. The number of halogens is 1. The molecule has 0 amide bonds. The monoisotopic (exact) mass is 195 g/mol. The summed E-state index contributed by atoms with van der Waals surface area (Å²) in [6, 6.07) is 0.135. The third-order valence-electron chi connectivity index (χ3n) is 1.64. The molecular weight excluding hydrogens is 182 g/mol. The Balaban J connectivity index is 0.00000121. The van der Waals surface area contributed by atoms with E-state index in [-0.39, 0.29) is 24.4 Å². The molecule has 1 atom stereocenters. The standard InChI is InChI=1S/C7H13NO3.ClH/c1-10-7(9)4-6-5-11-3-2-8-6;/h6,8H,2-5H2,1H3;1H/t6-;/m0./s1. The molecule has 0 aliphatic carbocycles. The maximum Gasteiger partial charge on any atom is 0.307 e. The first-order chi connectivity index (χ1) is 5.33. The van der Waals surface area contributed by atoms with Crippen LogP contribution in [-0.2, 0) is 14.3 Å². The van der Waals surface area contributed by atoms with Gasteiger partial charge in [-0.05, 0) is 0 Å². The average Bonchev–Trinajstić information content (AvgIpc) is 2.06. The smallest absolute Gasteiger partial charge is 0.307 e. The van der Waals surface area contributed by atoms with Crippen LogP contribution in [0.1, 0.15) is 6.42 Å². The largest absolute Gasteiger partial charge is 0.469 e. The molecule has 0 saturated carbocycles. The molecule has 1 rings (SSSR count). The molecule has 0 spiro atoms. The average molecular weight is 196 g/mol. The Labute approximate surface area is 78.0 Å². The summed E-state index contributed by atoms with van der Waals surface area (Å²) >= 11 is 0. The molecule has 1 heterocycles. The minimum Gasteiger partial charge on any atom is -0.469 e. The van der Waals surface area contributed by atoms with Crippen molar-refractivity contribution in [2.75, 3.05) is 26.9 Å². The minimum absolute atomic E-state index is 0. The third-order valence-corrected chi connectivity index (χ3v) is 1.64. The number of methoxy groups -OCH3 is 1. The van der Waals surface area contributed by atoms with Gasteiger partial charge in [0.2, 0.25) is 0 Å². The number of morpholine rings is 1. The molecule has 1 saturated heterocycles. The highest BCUT2D eigenvalue weighted by atomic mass is 35.5. The zero-order chi connectivity index (χ0) is 8.10. The Morgan fingerprint density at radius 3 is 3.00 bits per heavy atom. The van der Waals surface area contributed by atoms with E-state index in [2.05, 4.69) is 10.1 Å². The van der Waals surface area contributed by atoms with E-state index in [1.807, 2.05) is 0 Å². The fraction of sp³-hybridized carbons (Fsp3) is 0.857. The predicted molar refractivity (Wildman–Crippen MR) is 46.5 cm³/mol. The van der Waals surface area contributed by atoms with Crippen molar-refractivity contribution in [1.82, 2.24) is 5.32 Å². The molecule has 12 heavy (non-hydrogen) atoms. The Morgan fingerprint density at radius 2 is 2.50 bits per heavy atom. The van der Waals surface area contributed by atoms with Gasteiger partial charge in [-0.1, -0.05) is 0 Å². The van der Waals surface area contributed by atoms with Gasteiger partial charge in [0, 0.05) is 12.6 Å². The van der Waals surface area contributed by atoms with Gasteiger partial charge in [-0.25, -0.2) is 0 Å². The lowest BCUT2D eigenvalue weighted by atomic mass is 10.2. The minimum atomic E-state index is -0.187. The van der Waals surface area contributed by atoms with E-state index in [0.717, 1.165) is 13.2 Å². The lowest BCUT2D eigenvalue weighted by molar-refractivity contribution is -0.141. The lowest BCUT2D eigenvalue weighted by Gasteiger charge is -2.22. The van der Waals surface area contributed by atoms with Gasteiger partial charge in [0.1, 0.15) is 0 Å². The first kappa shape index (κ1) is 11.7. The van der Waals surface area contributed by atoms with Gasteiger partial charge in [0.25, 0.3) is 0 Å². The third kappa shape index (κ3) is 3.90. The van der Waals surface area contributed by atoms with E-state index >= 15 is 0 Å². The second-order valence-electron chi connectivity index (χ2n) is 2.51. The SMILES string of the molecule is COC(=O)C[C@H]1COCCN1.Cl. The van der Waals surface area contributed by atoms with E-state index in [0.29, 0.717) is 13.0 Å². The highest BCUT2D eigenvalue weighted by molar-refractivity contribution is 5.85. The molecule has 0 aromatic rings. The van der Waals surface area contributed by atoms with Crippen LogP contribution < -0.4 is 5.32 Å². The first-order valence-corrected chi connectivity index (χ1v) is 3.71. The van der Waals surface area contributed by atoms with Crippen molar-refractivity contribution in [1.29, 1.82) is 0 Å². The van der Waals surface area contributed by atoms with Crippen molar-refractivity contribution in [3.63, 3.8) is 0 Å². The first-order valence-electron chi connectivity index (χ1n) is 3.71. The van der Waals surface area contributed by atoms with Crippen molar-refractivity contribution in [3.8, 4) is 0 Å². The summed E-state index contributed by atoms with van der Waals surface area (Å²) in [7, 11) is 1.39. The molecule has 0 radical (unpaired) electrons. The van der Waals surface area contributed by atoms with Crippen LogP contribution in [0, 0.1) is 0 Å². The molecule has 0 aromatic carbocycles. The number of carbonyl (C=O) groups excluding carboxylic acids is 1. The van der Waals surface area contributed by atoms with Gasteiger partial charge in [0.15, 0.2) is 0 Å². The molecule has 72 valence electrons. The second-order valence-corrected chi connectivity index (χ2v) is 2.51. The van der Waals surface area contributed by atoms with Crippen LogP contribution in [0.2, 0.25) is 0 Å². The molecule has 1 aliphatic heterocycles. The van der Waals surface area contributed by atoms with Crippen molar-refractivity contribution in [3.05, 3.63) is 0 Å². The van der Waals surface area contributed by atoms with Crippen LogP contribution in [-0.4, -0.2) is 38.9 Å². The second kappa shape index (κ2) is 6.22. The number of carbonyl (C=O) groups is 1. The normalized spacial score (nSPS) is 22.6. The van der Waals surface area contributed by atoms with Gasteiger partial charge < -0.3 is 14.8 Å². The van der Waals surface area contributed by atoms with Crippen molar-refractivity contribution < 1.29 is 14.3 Å². The molecule has 5 heteroatoms. The van der Waals surface area contributed by atoms with E-state index < -0.39 is 0 Å². The van der Waals surface area contributed by atoms with Crippen LogP contribution in [0.5, 0.6) is 0 Å². The fourth-order valence-corrected chi connectivity index (χ4v) is 1.04. The molecule has 0 bridgehead atoms. The fourth-order valence-electron chi connectivity index (χ4n) is 1.04. The zero-order valence-electron chi connectivity index (χ0n) is 7.04. The zero-order valence-corrected chi connectivity index (χ0v) is 7.86. The Bertz CT molecular complexity index is 137. The summed E-state index contributed by atoms with van der Waals surface area (Å²) in [5.41, 5.74) is 0. The van der Waals surface area contributed by atoms with Crippen molar-refractivity contribution in [2.45, 2.75) is 12.5 Å². The number of ether oxygens (including phenoxy) is 2. The van der Waals surface area contributed by atoms with Gasteiger partial charge in [-0.2, -0.15) is 0 Å². The van der Waals surface area contributed by atoms with Crippen LogP contribution in [0.4, 0.5) is 0 Å². The number of rotatable bonds is 2. The van der Waals surface area contributed by atoms with Gasteiger partial charge >= 0.3 is 5.97 Å². The summed E-state index contributed by atoms with van der Waals surface area (Å²) in [5, 5.41) is 3.16. The van der Waals surface area contributed by atoms with E-state index in [1.165, 1.54) is 7.11 Å². The molecule has 0 aromatic heterocycles. The van der Waals surface area contributed by atoms with Crippen LogP contribution in [0.15, 0.2) is 0 Å². The van der Waals surface area contributed by atoms with Crippen LogP contribution in [0.25, 0.3) is 0 Å². The van der Waals surface area contributed by atoms with Crippen molar-refractivity contribution >= 4 is 18.4 Å². The molecule has 0 unspecified atom stereocenters. The summed E-state index contributed by atoms with van der Waals surface area (Å²) in [4.78, 5) is 10.8. The topological polar surface area (TPSA) is 47.6 Å². The van der Waals surface area contributed by atoms with Crippen LogP contribution >= 0.6 is 12.4 Å². The Hall–Kier alpha value is -0.320. The van der Waals surface area contributed by atoms with E-state index in [4.69, 9.17) is 4.74 Å². The summed E-state index contributed by atoms with van der Waals surface area (Å²) in [6.45, 7) is 2.16. The number of hydrogen-bond donors (Lipinski definition) is 1. The molecule has 1 aliphatic rings. The Morgan fingerprint density at radius 1 is 1.75 bits per heavy atom. The van der Waals surface area contributed by atoms with Crippen LogP contribution in [0.3, 0.4) is 0 Å².